The summed E-state index contributed by atoms with van der Waals surface area (Å²) >= 11 is 0. The summed E-state index contributed by atoms with van der Waals surface area (Å²) in [5, 5.41) is 11.1. The highest BCUT2D eigenvalue weighted by atomic mass is 32.2. The van der Waals surface area contributed by atoms with Crippen molar-refractivity contribution >= 4 is 22.4 Å². The second-order valence-electron chi connectivity index (χ2n) is 6.82. The van der Waals surface area contributed by atoms with E-state index in [2.05, 4.69) is 23.3 Å². The van der Waals surface area contributed by atoms with E-state index in [-0.39, 0.29) is 12.1 Å². The predicted molar refractivity (Wildman–Crippen MR) is 128 cm³/mol. The van der Waals surface area contributed by atoms with Crippen molar-refractivity contribution in [3.63, 3.8) is 0 Å². The molecule has 0 radical (unpaired) electrons. The molecule has 7 heteroatoms. The lowest BCUT2D eigenvalue weighted by molar-refractivity contribution is 0.164. The van der Waals surface area contributed by atoms with Gasteiger partial charge < -0.3 is 10.5 Å². The van der Waals surface area contributed by atoms with Gasteiger partial charge in [0.1, 0.15) is 0 Å². The van der Waals surface area contributed by atoms with Crippen LogP contribution < -0.4 is 11.1 Å². The van der Waals surface area contributed by atoms with Crippen LogP contribution in [-0.4, -0.2) is 47.9 Å². The van der Waals surface area contributed by atoms with E-state index in [9.17, 15) is 4.21 Å². The van der Waals surface area contributed by atoms with E-state index in [1.165, 1.54) is 0 Å². The molecule has 0 heterocycles. The molecule has 4 N–H and O–H groups in total. The van der Waals surface area contributed by atoms with Crippen molar-refractivity contribution in [3.8, 4) is 0 Å². The Kier molecular flexibility index (Phi) is 12.8. The van der Waals surface area contributed by atoms with Crippen molar-refractivity contribution < 1.29 is 8.95 Å². The number of aliphatic imine (C=N–C) groups is 1. The zero-order chi connectivity index (χ0) is 22.4. The monoisotopic (exact) mass is 432 g/mol. The standard InChI is InChI=1S/C23H36N4O2S/c1-5-8-19(16-24)9-7-10-22(25)29-23(26-4)17-27-18(3)20-11-13-21(14-12-20)30(28)15-6-2/h7-9,11-14,23,25-26H,5-6,10,15-17,24H2,1-4H3/b9-7-,19-8+,25-22?,27-18?. The Bertz CT molecular complexity index is 770. The molecule has 0 saturated carbocycles. The van der Waals surface area contributed by atoms with Crippen molar-refractivity contribution in [2.75, 3.05) is 25.9 Å². The number of ether oxygens (including phenoxy) is 1. The molecule has 0 spiro atoms. The SMILES string of the molecule is CC/C=C(\C=C/CC(=N)OC(CN=C(C)c1ccc(S(=O)CCC)cc1)NC)CN. The quantitative estimate of drug-likeness (QED) is 0.191. The van der Waals surface area contributed by atoms with Gasteiger partial charge in [0.05, 0.1) is 17.3 Å². The van der Waals surface area contributed by atoms with Gasteiger partial charge in [-0.1, -0.05) is 44.2 Å². The Morgan fingerprint density at radius 1 is 1.33 bits per heavy atom. The minimum Gasteiger partial charge on any atom is -0.460 e. The number of nitrogens with one attached hydrogen (secondary N) is 2. The van der Waals surface area contributed by atoms with Gasteiger partial charge in [-0.2, -0.15) is 0 Å². The maximum absolute atomic E-state index is 12.1. The van der Waals surface area contributed by atoms with Crippen LogP contribution in [0, 0.1) is 5.41 Å². The Morgan fingerprint density at radius 2 is 2.03 bits per heavy atom. The number of hydrogen-bond donors (Lipinski definition) is 3. The molecule has 0 aromatic heterocycles. The number of nitrogens with zero attached hydrogens (tertiary/aromatic N) is 1. The number of nitrogens with two attached hydrogens (primary N) is 1. The number of hydrogen-bond acceptors (Lipinski definition) is 6. The first-order chi connectivity index (χ1) is 14.4. The Balaban J connectivity index is 2.61. The highest BCUT2D eigenvalue weighted by molar-refractivity contribution is 7.85. The van der Waals surface area contributed by atoms with Gasteiger partial charge in [0, 0.05) is 29.3 Å². The largest absolute Gasteiger partial charge is 0.460 e. The lowest BCUT2D eigenvalue weighted by Crippen LogP contribution is -2.33. The van der Waals surface area contributed by atoms with Crippen LogP contribution in [0.5, 0.6) is 0 Å². The van der Waals surface area contributed by atoms with Gasteiger partial charge in [-0.25, -0.2) is 0 Å². The number of allylic oxidation sites excluding steroid dienone is 1. The van der Waals surface area contributed by atoms with Gasteiger partial charge >= 0.3 is 0 Å². The van der Waals surface area contributed by atoms with Crippen LogP contribution in [0.4, 0.5) is 0 Å². The van der Waals surface area contributed by atoms with Gasteiger partial charge in [0.2, 0.25) is 0 Å². The van der Waals surface area contributed by atoms with Crippen molar-refractivity contribution in [1.29, 1.82) is 5.41 Å². The number of rotatable bonds is 13. The minimum absolute atomic E-state index is 0.175. The first-order valence-corrected chi connectivity index (χ1v) is 11.7. The molecule has 1 aromatic rings. The summed E-state index contributed by atoms with van der Waals surface area (Å²) in [6.45, 7) is 6.91. The summed E-state index contributed by atoms with van der Waals surface area (Å²) < 4.78 is 17.7. The molecular formula is C23H36N4O2S. The molecule has 0 bridgehead atoms. The van der Waals surface area contributed by atoms with Crippen LogP contribution in [0.15, 0.2) is 58.0 Å². The second-order valence-corrected chi connectivity index (χ2v) is 8.39. The van der Waals surface area contributed by atoms with Gasteiger partial charge in [-0.05, 0) is 50.1 Å². The Morgan fingerprint density at radius 3 is 2.60 bits per heavy atom. The summed E-state index contributed by atoms with van der Waals surface area (Å²) in [5.41, 5.74) is 8.60. The molecule has 1 rings (SSSR count). The smallest absolute Gasteiger partial charge is 0.186 e. The molecule has 0 saturated heterocycles. The molecule has 2 unspecified atom stereocenters. The van der Waals surface area contributed by atoms with Crippen LogP contribution in [0.2, 0.25) is 0 Å². The molecule has 0 aliphatic rings. The summed E-state index contributed by atoms with van der Waals surface area (Å²) in [6.07, 6.45) is 7.76. The molecule has 2 atom stereocenters. The van der Waals surface area contributed by atoms with Gasteiger partial charge in [-0.15, -0.1) is 0 Å². The molecule has 166 valence electrons. The van der Waals surface area contributed by atoms with E-state index in [0.29, 0.717) is 25.3 Å². The molecule has 30 heavy (non-hydrogen) atoms. The van der Waals surface area contributed by atoms with Crippen LogP contribution in [-0.2, 0) is 15.5 Å². The number of likely N-dealkylation sites (N-methyl/N-ethyl adjacent to an activating group) is 1. The van der Waals surface area contributed by atoms with Crippen molar-refractivity contribution in [2.24, 2.45) is 10.7 Å². The topological polar surface area (TPSA) is 101 Å². The Hall–Kier alpha value is -2.09. The first kappa shape index (κ1) is 25.9. The van der Waals surface area contributed by atoms with Crippen molar-refractivity contribution in [3.05, 3.63) is 53.6 Å². The summed E-state index contributed by atoms with van der Waals surface area (Å²) in [4.78, 5) is 5.43. The third kappa shape index (κ3) is 9.61. The average Bonchev–Trinajstić information content (AvgIpc) is 2.75. The zero-order valence-corrected chi connectivity index (χ0v) is 19.4. The maximum Gasteiger partial charge on any atom is 0.186 e. The van der Waals surface area contributed by atoms with E-state index >= 15 is 0 Å². The van der Waals surface area contributed by atoms with E-state index in [0.717, 1.165) is 34.6 Å². The van der Waals surface area contributed by atoms with Crippen molar-refractivity contribution in [1.82, 2.24) is 5.32 Å². The molecule has 0 fully saturated rings. The fourth-order valence-corrected chi connectivity index (χ4v) is 3.71. The highest BCUT2D eigenvalue weighted by Crippen LogP contribution is 2.11. The third-order valence-corrected chi connectivity index (χ3v) is 5.94. The molecule has 0 aliphatic carbocycles. The van der Waals surface area contributed by atoms with Crippen LogP contribution in [0.3, 0.4) is 0 Å². The number of benzene rings is 1. The fourth-order valence-electron chi connectivity index (χ4n) is 2.67. The third-order valence-electron chi connectivity index (χ3n) is 4.36. The van der Waals surface area contributed by atoms with Crippen molar-refractivity contribution in [2.45, 2.75) is 51.2 Å². The minimum atomic E-state index is -0.942. The molecule has 6 nitrogen and oxygen atoms in total. The second kappa shape index (κ2) is 14.8. The van der Waals surface area contributed by atoms with Crippen LogP contribution in [0.25, 0.3) is 0 Å². The Labute approximate surface area is 183 Å². The lowest BCUT2D eigenvalue weighted by Gasteiger charge is -2.16. The zero-order valence-electron chi connectivity index (χ0n) is 18.6. The van der Waals surface area contributed by atoms with Crippen LogP contribution >= 0.6 is 0 Å². The maximum atomic E-state index is 12.1. The molecule has 1 aromatic carbocycles. The average molecular weight is 433 g/mol. The summed E-state index contributed by atoms with van der Waals surface area (Å²) in [5.74, 6) is 0.853. The molecular weight excluding hydrogens is 396 g/mol. The predicted octanol–water partition coefficient (Wildman–Crippen LogP) is 3.79. The summed E-state index contributed by atoms with van der Waals surface area (Å²) in [6, 6.07) is 7.69. The highest BCUT2D eigenvalue weighted by Gasteiger charge is 2.09. The van der Waals surface area contributed by atoms with Crippen LogP contribution in [0.1, 0.15) is 45.6 Å². The van der Waals surface area contributed by atoms with Gasteiger partial charge in [0.25, 0.3) is 0 Å². The van der Waals surface area contributed by atoms with E-state index in [1.54, 1.807) is 7.05 Å². The first-order valence-electron chi connectivity index (χ1n) is 10.4. The summed E-state index contributed by atoms with van der Waals surface area (Å²) in [7, 11) is 0.843. The van der Waals surface area contributed by atoms with Gasteiger partial charge in [-0.3, -0.25) is 19.9 Å². The fraction of sp³-hybridized carbons (Fsp3) is 0.478. The lowest BCUT2D eigenvalue weighted by atomic mass is 10.1. The van der Waals surface area contributed by atoms with E-state index < -0.39 is 10.8 Å². The van der Waals surface area contributed by atoms with E-state index in [4.69, 9.17) is 15.9 Å². The molecule has 0 amide bonds. The normalized spacial score (nSPS) is 14.7. The van der Waals surface area contributed by atoms with Gasteiger partial charge in [0.15, 0.2) is 12.1 Å². The van der Waals surface area contributed by atoms with E-state index in [1.807, 2.05) is 50.3 Å². The molecule has 0 aliphatic heterocycles.